The van der Waals surface area contributed by atoms with Crippen LogP contribution >= 0.6 is 0 Å². The summed E-state index contributed by atoms with van der Waals surface area (Å²) < 4.78 is 75.0. The molecule has 5 nitrogen and oxygen atoms in total. The quantitative estimate of drug-likeness (QED) is 0.342. The highest BCUT2D eigenvalue weighted by Crippen LogP contribution is 2.35. The molecule has 0 spiro atoms. The Morgan fingerprint density at radius 1 is 1.03 bits per heavy atom. The van der Waals surface area contributed by atoms with Crippen molar-refractivity contribution in [1.29, 1.82) is 0 Å². The van der Waals surface area contributed by atoms with Gasteiger partial charge in [-0.3, -0.25) is 9.36 Å². The molecule has 3 aromatic carbocycles. The topological polar surface area (TPSA) is 56.1 Å². The molecule has 1 heterocycles. The van der Waals surface area contributed by atoms with E-state index < -0.39 is 35.1 Å². The van der Waals surface area contributed by atoms with Crippen molar-refractivity contribution in [2.45, 2.75) is 26.1 Å². The number of nitrogens with zero attached hydrogens (tertiary/aromatic N) is 2. The van der Waals surface area contributed by atoms with Crippen LogP contribution in [0.4, 0.5) is 27.6 Å². The number of carbonyl (C=O) groups is 1. The standard InChI is InChI=1S/C24H18F5N3O2/c1-13(2)34-16-10-11-20-19(12-16)31-23(24(27,28)29)32(20)15-8-6-14(7-9-15)30-22(33)17-4-3-5-18(25)21(17)26/h3-13H,1-2H3,(H,30,33). The van der Waals surface area contributed by atoms with Gasteiger partial charge >= 0.3 is 6.18 Å². The number of imidazole rings is 1. The number of nitrogens with one attached hydrogen (secondary N) is 1. The summed E-state index contributed by atoms with van der Waals surface area (Å²) in [6.45, 7) is 3.60. The number of fused-ring (bicyclic) bond motifs is 1. The molecule has 4 aromatic rings. The minimum Gasteiger partial charge on any atom is -0.491 e. The second kappa shape index (κ2) is 8.77. The zero-order valence-electron chi connectivity index (χ0n) is 18.0. The van der Waals surface area contributed by atoms with Crippen molar-refractivity contribution in [3.63, 3.8) is 0 Å². The molecule has 0 aliphatic carbocycles. The summed E-state index contributed by atoms with van der Waals surface area (Å²) in [6.07, 6.45) is -4.90. The molecule has 0 radical (unpaired) electrons. The molecule has 0 fully saturated rings. The second-order valence-electron chi connectivity index (χ2n) is 7.69. The van der Waals surface area contributed by atoms with E-state index in [1.807, 2.05) is 0 Å². The van der Waals surface area contributed by atoms with Gasteiger partial charge in [0.1, 0.15) is 5.75 Å². The predicted octanol–water partition coefficient (Wildman–Crippen LogP) is 6.36. The van der Waals surface area contributed by atoms with E-state index in [0.717, 1.165) is 16.7 Å². The molecule has 176 valence electrons. The van der Waals surface area contributed by atoms with Gasteiger partial charge in [-0.2, -0.15) is 13.2 Å². The molecule has 0 aliphatic heterocycles. The van der Waals surface area contributed by atoms with Gasteiger partial charge in [0.15, 0.2) is 11.6 Å². The van der Waals surface area contributed by atoms with E-state index in [9.17, 15) is 26.7 Å². The summed E-state index contributed by atoms with van der Waals surface area (Å²) in [5.74, 6) is -4.09. The Hall–Kier alpha value is -3.95. The van der Waals surface area contributed by atoms with E-state index >= 15 is 0 Å². The first kappa shape index (κ1) is 23.2. The Morgan fingerprint density at radius 3 is 2.38 bits per heavy atom. The zero-order chi connectivity index (χ0) is 24.6. The highest BCUT2D eigenvalue weighted by Gasteiger charge is 2.38. The zero-order valence-corrected chi connectivity index (χ0v) is 18.0. The van der Waals surface area contributed by atoms with Crippen molar-refractivity contribution in [1.82, 2.24) is 9.55 Å². The molecule has 1 N–H and O–H groups in total. The smallest absolute Gasteiger partial charge is 0.450 e. The third-order valence-electron chi connectivity index (χ3n) is 4.83. The van der Waals surface area contributed by atoms with Crippen molar-refractivity contribution in [3.05, 3.63) is 83.7 Å². The van der Waals surface area contributed by atoms with Crippen molar-refractivity contribution >= 4 is 22.6 Å². The average Bonchev–Trinajstić information content (AvgIpc) is 3.15. The van der Waals surface area contributed by atoms with Crippen LogP contribution in [-0.2, 0) is 6.18 Å². The summed E-state index contributed by atoms with van der Waals surface area (Å²) in [4.78, 5) is 16.0. The lowest BCUT2D eigenvalue weighted by atomic mass is 10.2. The highest BCUT2D eigenvalue weighted by molar-refractivity contribution is 6.04. The minimum atomic E-state index is -4.74. The maximum atomic E-state index is 13.8. The number of hydrogen-bond donors (Lipinski definition) is 1. The molecular weight excluding hydrogens is 457 g/mol. The minimum absolute atomic E-state index is 0.101. The molecule has 1 aromatic heterocycles. The number of aromatic nitrogens is 2. The predicted molar refractivity (Wildman–Crippen MR) is 116 cm³/mol. The molecule has 0 atom stereocenters. The number of alkyl halides is 3. The molecular formula is C24H18F5N3O2. The Bertz CT molecular complexity index is 1360. The molecule has 4 rings (SSSR count). The summed E-state index contributed by atoms with van der Waals surface area (Å²) in [7, 11) is 0. The molecule has 1 amide bonds. The summed E-state index contributed by atoms with van der Waals surface area (Å²) in [6, 6.07) is 13.1. The summed E-state index contributed by atoms with van der Waals surface area (Å²) >= 11 is 0. The molecule has 0 saturated carbocycles. The molecule has 0 aliphatic rings. The van der Waals surface area contributed by atoms with Crippen molar-refractivity contribution in [3.8, 4) is 11.4 Å². The summed E-state index contributed by atoms with van der Waals surface area (Å²) in [5, 5.41) is 2.40. The van der Waals surface area contributed by atoms with Crippen molar-refractivity contribution in [2.24, 2.45) is 0 Å². The third kappa shape index (κ3) is 4.57. The van der Waals surface area contributed by atoms with Crippen molar-refractivity contribution < 1.29 is 31.5 Å². The van der Waals surface area contributed by atoms with Crippen LogP contribution in [0.25, 0.3) is 16.7 Å². The van der Waals surface area contributed by atoms with Gasteiger partial charge in [-0.05, 0) is 62.4 Å². The number of rotatable bonds is 5. The van der Waals surface area contributed by atoms with Gasteiger partial charge in [-0.25, -0.2) is 13.8 Å². The lowest BCUT2D eigenvalue weighted by Gasteiger charge is -2.13. The van der Waals surface area contributed by atoms with Crippen LogP contribution in [-0.4, -0.2) is 21.6 Å². The van der Waals surface area contributed by atoms with Crippen LogP contribution in [0.3, 0.4) is 0 Å². The van der Waals surface area contributed by atoms with Gasteiger partial charge in [-0.15, -0.1) is 0 Å². The Balaban J connectivity index is 1.69. The number of benzene rings is 3. The fraction of sp³-hybridized carbons (Fsp3) is 0.167. The van der Waals surface area contributed by atoms with E-state index in [-0.39, 0.29) is 28.5 Å². The number of hydrogen-bond acceptors (Lipinski definition) is 3. The number of amides is 1. The van der Waals surface area contributed by atoms with Crippen LogP contribution in [0.2, 0.25) is 0 Å². The molecule has 10 heteroatoms. The lowest BCUT2D eigenvalue weighted by Crippen LogP contribution is -2.15. The Kier molecular flexibility index (Phi) is 5.99. The largest absolute Gasteiger partial charge is 0.491 e. The Morgan fingerprint density at radius 2 is 1.74 bits per heavy atom. The molecule has 0 bridgehead atoms. The first-order chi connectivity index (χ1) is 16.0. The van der Waals surface area contributed by atoms with E-state index in [1.165, 1.54) is 42.5 Å². The Labute approximate surface area is 190 Å². The van der Waals surface area contributed by atoms with Gasteiger partial charge in [0.2, 0.25) is 5.82 Å². The SMILES string of the molecule is CC(C)Oc1ccc2c(c1)nc(C(F)(F)F)n2-c1ccc(NC(=O)c2cccc(F)c2F)cc1. The molecule has 0 unspecified atom stereocenters. The van der Waals surface area contributed by atoms with E-state index in [0.29, 0.717) is 5.75 Å². The fourth-order valence-corrected chi connectivity index (χ4v) is 3.43. The first-order valence-corrected chi connectivity index (χ1v) is 10.2. The van der Waals surface area contributed by atoms with Gasteiger partial charge in [-0.1, -0.05) is 6.07 Å². The number of anilines is 1. The normalized spacial score (nSPS) is 11.8. The van der Waals surface area contributed by atoms with Crippen LogP contribution < -0.4 is 10.1 Å². The van der Waals surface area contributed by atoms with Crippen LogP contribution in [0, 0.1) is 11.6 Å². The van der Waals surface area contributed by atoms with Crippen LogP contribution in [0.1, 0.15) is 30.0 Å². The molecule has 34 heavy (non-hydrogen) atoms. The average molecular weight is 475 g/mol. The maximum Gasteiger partial charge on any atom is 0.450 e. The van der Waals surface area contributed by atoms with Gasteiger partial charge in [0.05, 0.1) is 22.7 Å². The fourth-order valence-electron chi connectivity index (χ4n) is 3.43. The van der Waals surface area contributed by atoms with Gasteiger partial charge < -0.3 is 10.1 Å². The number of carbonyl (C=O) groups excluding carboxylic acids is 1. The van der Waals surface area contributed by atoms with Crippen LogP contribution in [0.5, 0.6) is 5.75 Å². The number of ether oxygens (including phenoxy) is 1. The second-order valence-corrected chi connectivity index (χ2v) is 7.69. The van der Waals surface area contributed by atoms with Gasteiger partial charge in [0.25, 0.3) is 5.91 Å². The third-order valence-corrected chi connectivity index (χ3v) is 4.83. The van der Waals surface area contributed by atoms with Gasteiger partial charge in [0, 0.05) is 17.4 Å². The lowest BCUT2D eigenvalue weighted by molar-refractivity contribution is -0.145. The highest BCUT2D eigenvalue weighted by atomic mass is 19.4. The van der Waals surface area contributed by atoms with E-state index in [4.69, 9.17) is 4.74 Å². The molecule has 0 saturated heterocycles. The van der Waals surface area contributed by atoms with Crippen LogP contribution in [0.15, 0.2) is 60.7 Å². The van der Waals surface area contributed by atoms with E-state index in [2.05, 4.69) is 10.3 Å². The van der Waals surface area contributed by atoms with E-state index in [1.54, 1.807) is 19.9 Å². The monoisotopic (exact) mass is 475 g/mol. The van der Waals surface area contributed by atoms with Crippen molar-refractivity contribution in [2.75, 3.05) is 5.32 Å². The number of halogens is 5. The maximum absolute atomic E-state index is 13.8. The summed E-state index contributed by atoms with van der Waals surface area (Å²) in [5.41, 5.74) is 0.139. The first-order valence-electron chi connectivity index (χ1n) is 10.2.